The van der Waals surface area contributed by atoms with E-state index in [1.807, 2.05) is 0 Å². The number of nitro groups is 1. The number of anilines is 2. The molecule has 118 valence electrons. The normalized spacial score (nSPS) is 11.0. The molecule has 21 heavy (non-hydrogen) atoms. The van der Waals surface area contributed by atoms with Gasteiger partial charge in [0.05, 0.1) is 17.1 Å². The maximum atomic E-state index is 10.9. The van der Waals surface area contributed by atoms with E-state index < -0.39 is 4.92 Å². The molecule has 1 aromatic heterocycles. The zero-order chi connectivity index (χ0) is 15.8. The van der Waals surface area contributed by atoms with Crippen molar-refractivity contribution in [1.82, 2.24) is 9.88 Å². The summed E-state index contributed by atoms with van der Waals surface area (Å²) in [6, 6.07) is 3.43. The van der Waals surface area contributed by atoms with Crippen LogP contribution in [0.4, 0.5) is 17.3 Å². The highest BCUT2D eigenvalue weighted by atomic mass is 16.6. The Balaban J connectivity index is 2.44. The summed E-state index contributed by atoms with van der Waals surface area (Å²) in [4.78, 5) is 17.0. The van der Waals surface area contributed by atoms with E-state index in [0.29, 0.717) is 17.7 Å². The van der Waals surface area contributed by atoms with Crippen molar-refractivity contribution in [3.8, 4) is 0 Å². The van der Waals surface area contributed by atoms with Crippen LogP contribution in [0.25, 0.3) is 0 Å². The summed E-state index contributed by atoms with van der Waals surface area (Å²) >= 11 is 0. The Hall–Kier alpha value is -1.89. The van der Waals surface area contributed by atoms with Gasteiger partial charge in [-0.2, -0.15) is 0 Å². The minimum atomic E-state index is -0.411. The van der Waals surface area contributed by atoms with Crippen LogP contribution in [-0.4, -0.2) is 48.0 Å². The topological polar surface area (TPSA) is 83.3 Å². The molecule has 0 saturated carbocycles. The first-order chi connectivity index (χ1) is 9.93. The first-order valence-electron chi connectivity index (χ1n) is 7.22. The summed E-state index contributed by atoms with van der Waals surface area (Å²) < 4.78 is 0. The number of nitrogens with one attached hydrogen (secondary N) is 2. The average Bonchev–Trinajstić information content (AvgIpc) is 2.46. The Morgan fingerprint density at radius 2 is 2.00 bits per heavy atom. The number of pyridine rings is 1. The van der Waals surface area contributed by atoms with Crippen LogP contribution in [0, 0.1) is 10.1 Å². The van der Waals surface area contributed by atoms with E-state index >= 15 is 0 Å². The molecule has 0 aliphatic heterocycles. The predicted octanol–water partition coefficient (Wildman–Crippen LogP) is 2.56. The van der Waals surface area contributed by atoms with E-state index in [-0.39, 0.29) is 5.69 Å². The zero-order valence-corrected chi connectivity index (χ0v) is 13.2. The molecule has 7 heteroatoms. The summed E-state index contributed by atoms with van der Waals surface area (Å²) in [5, 5.41) is 16.8. The van der Waals surface area contributed by atoms with Gasteiger partial charge in [-0.3, -0.25) is 10.1 Å². The number of nitrogens with zero attached hydrogens (tertiary/aromatic N) is 3. The highest BCUT2D eigenvalue weighted by Gasteiger charge is 2.10. The lowest BCUT2D eigenvalue weighted by molar-refractivity contribution is -0.384. The summed E-state index contributed by atoms with van der Waals surface area (Å²) in [7, 11) is 3.80. The van der Waals surface area contributed by atoms with Gasteiger partial charge in [-0.25, -0.2) is 4.98 Å². The molecular formula is C14H25N5O2. The number of aromatic nitrogens is 1. The fourth-order valence-electron chi connectivity index (χ4n) is 1.80. The van der Waals surface area contributed by atoms with Gasteiger partial charge in [0.2, 0.25) is 0 Å². The number of hydrogen-bond donors (Lipinski definition) is 2. The quantitative estimate of drug-likeness (QED) is 0.414. The molecule has 0 spiro atoms. The Kier molecular flexibility index (Phi) is 6.87. The fourth-order valence-corrected chi connectivity index (χ4v) is 1.80. The first-order valence-corrected chi connectivity index (χ1v) is 7.22. The third kappa shape index (κ3) is 5.95. The highest BCUT2D eigenvalue weighted by molar-refractivity contribution is 5.54. The van der Waals surface area contributed by atoms with Crippen LogP contribution >= 0.6 is 0 Å². The van der Waals surface area contributed by atoms with Crippen LogP contribution in [0.5, 0.6) is 0 Å². The van der Waals surface area contributed by atoms with E-state index in [2.05, 4.69) is 41.4 Å². The lowest BCUT2D eigenvalue weighted by atomic mass is 10.2. The van der Waals surface area contributed by atoms with Gasteiger partial charge in [-0.1, -0.05) is 0 Å². The molecule has 0 aliphatic carbocycles. The van der Waals surface area contributed by atoms with Crippen molar-refractivity contribution in [2.75, 3.05) is 37.8 Å². The Bertz CT molecular complexity index is 465. The number of unbranched alkanes of at least 4 members (excludes halogenated alkanes) is 1. The van der Waals surface area contributed by atoms with E-state index in [0.717, 1.165) is 25.9 Å². The SMILES string of the molecule is CNc1cc([N+](=O)[O-])cc(NCCCCN(C)C(C)C)n1. The van der Waals surface area contributed by atoms with Crippen molar-refractivity contribution in [1.29, 1.82) is 0 Å². The second kappa shape index (κ2) is 8.41. The van der Waals surface area contributed by atoms with Crippen LogP contribution in [-0.2, 0) is 0 Å². The van der Waals surface area contributed by atoms with Crippen LogP contribution in [0.15, 0.2) is 12.1 Å². The van der Waals surface area contributed by atoms with Gasteiger partial charge in [-0.05, 0) is 40.3 Å². The van der Waals surface area contributed by atoms with Crippen LogP contribution in [0.2, 0.25) is 0 Å². The molecule has 0 unspecified atom stereocenters. The molecular weight excluding hydrogens is 270 g/mol. The molecule has 0 aliphatic rings. The first kappa shape index (κ1) is 17.2. The van der Waals surface area contributed by atoms with E-state index in [1.54, 1.807) is 7.05 Å². The van der Waals surface area contributed by atoms with Gasteiger partial charge < -0.3 is 15.5 Å². The van der Waals surface area contributed by atoms with Gasteiger partial charge >= 0.3 is 0 Å². The molecule has 0 aromatic carbocycles. The Labute approximate surface area is 125 Å². The average molecular weight is 295 g/mol. The van der Waals surface area contributed by atoms with Gasteiger partial charge in [0.15, 0.2) is 0 Å². The molecule has 7 nitrogen and oxygen atoms in total. The summed E-state index contributed by atoms with van der Waals surface area (Å²) in [5.41, 5.74) is 0.0383. The third-order valence-electron chi connectivity index (χ3n) is 3.40. The minimum absolute atomic E-state index is 0.0383. The molecule has 0 bridgehead atoms. The Morgan fingerprint density at radius 3 is 2.57 bits per heavy atom. The van der Waals surface area contributed by atoms with E-state index in [9.17, 15) is 10.1 Å². The molecule has 0 radical (unpaired) electrons. The second-order valence-electron chi connectivity index (χ2n) is 5.31. The molecule has 0 atom stereocenters. The van der Waals surface area contributed by atoms with Gasteiger partial charge in [0.25, 0.3) is 5.69 Å². The minimum Gasteiger partial charge on any atom is -0.373 e. The van der Waals surface area contributed by atoms with E-state index in [4.69, 9.17) is 0 Å². The predicted molar refractivity (Wildman–Crippen MR) is 85.9 cm³/mol. The van der Waals surface area contributed by atoms with Crippen molar-refractivity contribution < 1.29 is 4.92 Å². The fraction of sp³-hybridized carbons (Fsp3) is 0.643. The van der Waals surface area contributed by atoms with Gasteiger partial charge in [-0.15, -0.1) is 0 Å². The van der Waals surface area contributed by atoms with Gasteiger partial charge in [0.1, 0.15) is 11.6 Å². The largest absolute Gasteiger partial charge is 0.373 e. The molecule has 1 heterocycles. The van der Waals surface area contributed by atoms with Crippen molar-refractivity contribution in [2.45, 2.75) is 32.7 Å². The van der Waals surface area contributed by atoms with Crippen LogP contribution < -0.4 is 10.6 Å². The zero-order valence-electron chi connectivity index (χ0n) is 13.2. The smallest absolute Gasteiger partial charge is 0.276 e. The van der Waals surface area contributed by atoms with Crippen molar-refractivity contribution in [3.63, 3.8) is 0 Å². The Morgan fingerprint density at radius 1 is 1.33 bits per heavy atom. The summed E-state index contributed by atoms with van der Waals surface area (Å²) in [6.07, 6.45) is 2.08. The maximum Gasteiger partial charge on any atom is 0.276 e. The van der Waals surface area contributed by atoms with Crippen molar-refractivity contribution in [3.05, 3.63) is 22.2 Å². The maximum absolute atomic E-state index is 10.9. The molecule has 0 fully saturated rings. The van der Waals surface area contributed by atoms with Crippen LogP contribution in [0.3, 0.4) is 0 Å². The molecule has 0 saturated heterocycles. The molecule has 0 amide bonds. The molecule has 1 aromatic rings. The van der Waals surface area contributed by atoms with Crippen LogP contribution in [0.1, 0.15) is 26.7 Å². The lowest BCUT2D eigenvalue weighted by Crippen LogP contribution is -2.27. The van der Waals surface area contributed by atoms with Crippen molar-refractivity contribution >= 4 is 17.3 Å². The van der Waals surface area contributed by atoms with E-state index in [1.165, 1.54) is 12.1 Å². The number of hydrogen-bond acceptors (Lipinski definition) is 6. The number of rotatable bonds is 9. The summed E-state index contributed by atoms with van der Waals surface area (Å²) in [5.74, 6) is 1.03. The standard InChI is InChI=1S/C14H25N5O2/c1-11(2)18(4)8-6-5-7-16-14-10-12(19(20)21)9-13(15-3)17-14/h9-11H,5-8H2,1-4H3,(H2,15,16,17). The lowest BCUT2D eigenvalue weighted by Gasteiger charge is -2.20. The second-order valence-corrected chi connectivity index (χ2v) is 5.31. The summed E-state index contributed by atoms with van der Waals surface area (Å²) in [6.45, 7) is 6.14. The molecule has 1 rings (SSSR count). The third-order valence-corrected chi connectivity index (χ3v) is 3.40. The molecule has 2 N–H and O–H groups in total. The van der Waals surface area contributed by atoms with Gasteiger partial charge in [0, 0.05) is 19.6 Å². The van der Waals surface area contributed by atoms with Crippen molar-refractivity contribution in [2.24, 2.45) is 0 Å². The monoisotopic (exact) mass is 295 g/mol. The highest BCUT2D eigenvalue weighted by Crippen LogP contribution is 2.20.